The lowest BCUT2D eigenvalue weighted by molar-refractivity contribution is 0.554. The molecule has 0 aromatic carbocycles. The fourth-order valence-electron chi connectivity index (χ4n) is 0.693. The largest absolute Gasteiger partial charge is 0.316 e. The molecule has 0 saturated carbocycles. The first-order chi connectivity index (χ1) is 4.63. The van der Waals surface area contributed by atoms with Crippen LogP contribution in [0, 0.1) is 5.92 Å². The summed E-state index contributed by atoms with van der Waals surface area (Å²) < 4.78 is 0. The van der Waals surface area contributed by atoms with Crippen molar-refractivity contribution in [2.24, 2.45) is 5.92 Å². The molecule has 1 N–H and O–H groups in total. The lowest BCUT2D eigenvalue weighted by atomic mass is 10.2. The van der Waals surface area contributed by atoms with Gasteiger partial charge in [0.15, 0.2) is 0 Å². The second kappa shape index (κ2) is 5.48. The van der Waals surface area contributed by atoms with Crippen LogP contribution in [0.15, 0.2) is 12.2 Å². The van der Waals surface area contributed by atoms with E-state index >= 15 is 0 Å². The molecular formula is C9H19N. The average Bonchev–Trinajstić information content (AvgIpc) is 1.79. The van der Waals surface area contributed by atoms with Gasteiger partial charge in [-0.05, 0) is 32.4 Å². The highest BCUT2D eigenvalue weighted by Gasteiger charge is 1.91. The maximum absolute atomic E-state index is 3.83. The molecule has 0 aliphatic heterocycles. The number of hydrogen-bond donors (Lipinski definition) is 1. The van der Waals surface area contributed by atoms with Crippen molar-refractivity contribution in [3.8, 4) is 0 Å². The molecule has 1 nitrogen and oxygen atoms in total. The van der Waals surface area contributed by atoms with Crippen LogP contribution in [0.2, 0.25) is 0 Å². The quantitative estimate of drug-likeness (QED) is 0.457. The molecule has 10 heavy (non-hydrogen) atoms. The lowest BCUT2D eigenvalue weighted by Gasteiger charge is -2.06. The Labute approximate surface area is 64.5 Å². The van der Waals surface area contributed by atoms with Crippen LogP contribution in [-0.4, -0.2) is 13.1 Å². The lowest BCUT2D eigenvalue weighted by Crippen LogP contribution is -2.20. The standard InChI is InChI=1S/C9H19N/c1-8(2)5-6-10-7-9(3)4/h9-10H,1,5-7H2,2-4H3. The molecule has 0 aromatic rings. The number of hydrogen-bond acceptors (Lipinski definition) is 1. The van der Waals surface area contributed by atoms with Crippen molar-refractivity contribution in [1.29, 1.82) is 0 Å². The van der Waals surface area contributed by atoms with E-state index in [1.165, 1.54) is 5.57 Å². The van der Waals surface area contributed by atoms with E-state index in [2.05, 4.69) is 32.7 Å². The van der Waals surface area contributed by atoms with E-state index in [0.717, 1.165) is 25.4 Å². The zero-order chi connectivity index (χ0) is 7.98. The Kier molecular flexibility index (Phi) is 5.32. The minimum absolute atomic E-state index is 0.755. The van der Waals surface area contributed by atoms with E-state index < -0.39 is 0 Å². The van der Waals surface area contributed by atoms with Crippen molar-refractivity contribution in [3.05, 3.63) is 12.2 Å². The minimum Gasteiger partial charge on any atom is -0.316 e. The Morgan fingerprint density at radius 3 is 2.50 bits per heavy atom. The van der Waals surface area contributed by atoms with Gasteiger partial charge in [-0.2, -0.15) is 0 Å². The third-order valence-corrected chi connectivity index (χ3v) is 1.28. The second-order valence-corrected chi connectivity index (χ2v) is 3.31. The number of nitrogens with one attached hydrogen (secondary N) is 1. The van der Waals surface area contributed by atoms with Gasteiger partial charge in [-0.25, -0.2) is 0 Å². The summed E-state index contributed by atoms with van der Waals surface area (Å²) in [6.45, 7) is 12.5. The first kappa shape index (κ1) is 9.70. The summed E-state index contributed by atoms with van der Waals surface area (Å²) in [7, 11) is 0. The predicted octanol–water partition coefficient (Wildman–Crippen LogP) is 2.20. The van der Waals surface area contributed by atoms with Gasteiger partial charge in [0, 0.05) is 0 Å². The second-order valence-electron chi connectivity index (χ2n) is 3.31. The van der Waals surface area contributed by atoms with Gasteiger partial charge in [0.1, 0.15) is 0 Å². The molecular weight excluding hydrogens is 122 g/mol. The van der Waals surface area contributed by atoms with E-state index in [1.54, 1.807) is 0 Å². The molecule has 0 radical (unpaired) electrons. The highest BCUT2D eigenvalue weighted by Crippen LogP contribution is 1.93. The van der Waals surface area contributed by atoms with Gasteiger partial charge in [0.25, 0.3) is 0 Å². The molecule has 1 heteroatoms. The van der Waals surface area contributed by atoms with Gasteiger partial charge in [0.05, 0.1) is 0 Å². The van der Waals surface area contributed by atoms with Crippen LogP contribution in [0.1, 0.15) is 27.2 Å². The van der Waals surface area contributed by atoms with Crippen LogP contribution < -0.4 is 5.32 Å². The van der Waals surface area contributed by atoms with Crippen molar-refractivity contribution in [2.45, 2.75) is 27.2 Å². The summed E-state index contributed by atoms with van der Waals surface area (Å²) in [5.41, 5.74) is 1.26. The third-order valence-electron chi connectivity index (χ3n) is 1.28. The smallest absolute Gasteiger partial charge is 0.00117 e. The van der Waals surface area contributed by atoms with Crippen LogP contribution in [0.3, 0.4) is 0 Å². The van der Waals surface area contributed by atoms with E-state index in [9.17, 15) is 0 Å². The minimum atomic E-state index is 0.755. The molecule has 0 fully saturated rings. The van der Waals surface area contributed by atoms with Crippen LogP contribution in [0.25, 0.3) is 0 Å². The molecule has 0 spiro atoms. The van der Waals surface area contributed by atoms with E-state index in [4.69, 9.17) is 0 Å². The molecule has 0 aliphatic carbocycles. The monoisotopic (exact) mass is 141 g/mol. The van der Waals surface area contributed by atoms with Crippen LogP contribution >= 0.6 is 0 Å². The summed E-state index contributed by atoms with van der Waals surface area (Å²) in [6.07, 6.45) is 1.10. The summed E-state index contributed by atoms with van der Waals surface area (Å²) in [4.78, 5) is 0. The SMILES string of the molecule is C=C(C)CCNCC(C)C. The van der Waals surface area contributed by atoms with Crippen molar-refractivity contribution in [1.82, 2.24) is 5.32 Å². The summed E-state index contributed by atoms with van der Waals surface area (Å²) >= 11 is 0. The molecule has 0 atom stereocenters. The first-order valence-corrected chi connectivity index (χ1v) is 3.98. The number of rotatable bonds is 5. The Morgan fingerprint density at radius 2 is 2.10 bits per heavy atom. The molecule has 60 valence electrons. The van der Waals surface area contributed by atoms with Crippen LogP contribution in [0.5, 0.6) is 0 Å². The predicted molar refractivity (Wildman–Crippen MR) is 47.1 cm³/mol. The maximum atomic E-state index is 3.83. The van der Waals surface area contributed by atoms with Gasteiger partial charge in [-0.1, -0.05) is 19.4 Å². The molecule has 0 saturated heterocycles. The highest BCUT2D eigenvalue weighted by molar-refractivity contribution is 4.88. The molecule has 0 bridgehead atoms. The van der Waals surface area contributed by atoms with E-state index in [0.29, 0.717) is 0 Å². The van der Waals surface area contributed by atoms with Crippen LogP contribution in [-0.2, 0) is 0 Å². The van der Waals surface area contributed by atoms with Crippen molar-refractivity contribution < 1.29 is 0 Å². The van der Waals surface area contributed by atoms with Crippen molar-refractivity contribution >= 4 is 0 Å². The summed E-state index contributed by atoms with van der Waals surface area (Å²) in [6, 6.07) is 0. The molecule has 0 aliphatic rings. The van der Waals surface area contributed by atoms with Crippen molar-refractivity contribution in [2.75, 3.05) is 13.1 Å². The van der Waals surface area contributed by atoms with Gasteiger partial charge in [0.2, 0.25) is 0 Å². The van der Waals surface area contributed by atoms with Crippen molar-refractivity contribution in [3.63, 3.8) is 0 Å². The Hall–Kier alpha value is -0.300. The highest BCUT2D eigenvalue weighted by atomic mass is 14.8. The molecule has 0 unspecified atom stereocenters. The van der Waals surface area contributed by atoms with Gasteiger partial charge < -0.3 is 5.32 Å². The zero-order valence-electron chi connectivity index (χ0n) is 7.41. The Morgan fingerprint density at radius 1 is 1.50 bits per heavy atom. The molecule has 0 rings (SSSR count). The van der Waals surface area contributed by atoms with Gasteiger partial charge in [-0.3, -0.25) is 0 Å². The average molecular weight is 141 g/mol. The van der Waals surface area contributed by atoms with E-state index in [1.807, 2.05) is 0 Å². The van der Waals surface area contributed by atoms with Crippen LogP contribution in [0.4, 0.5) is 0 Å². The first-order valence-electron chi connectivity index (χ1n) is 3.98. The molecule has 0 aromatic heterocycles. The summed E-state index contributed by atoms with van der Waals surface area (Å²) in [5, 5.41) is 3.36. The summed E-state index contributed by atoms with van der Waals surface area (Å²) in [5.74, 6) is 0.755. The zero-order valence-corrected chi connectivity index (χ0v) is 7.41. The van der Waals surface area contributed by atoms with E-state index in [-0.39, 0.29) is 0 Å². The molecule has 0 heterocycles. The Balaban J connectivity index is 2.98. The fraction of sp³-hybridized carbons (Fsp3) is 0.778. The molecule has 0 amide bonds. The fourth-order valence-corrected chi connectivity index (χ4v) is 0.693. The van der Waals surface area contributed by atoms with Gasteiger partial charge >= 0.3 is 0 Å². The Bertz CT molecular complexity index is 94.9. The third kappa shape index (κ3) is 7.70. The topological polar surface area (TPSA) is 12.0 Å². The van der Waals surface area contributed by atoms with Gasteiger partial charge in [-0.15, -0.1) is 6.58 Å². The maximum Gasteiger partial charge on any atom is -0.00117 e. The normalized spacial score (nSPS) is 10.4.